The Bertz CT molecular complexity index is 997. The molecule has 8 heteroatoms. The second kappa shape index (κ2) is 8.81. The van der Waals surface area contributed by atoms with Crippen LogP contribution in [0.1, 0.15) is 11.3 Å². The monoisotopic (exact) mass is 440 g/mol. The number of halogens is 4. The molecule has 3 aromatic rings. The highest BCUT2D eigenvalue weighted by molar-refractivity contribution is 6.44. The Balaban J connectivity index is 1.63. The highest BCUT2D eigenvalue weighted by atomic mass is 35.5. The van der Waals surface area contributed by atoms with Gasteiger partial charge in [-0.15, -0.1) is 0 Å². The Morgan fingerprint density at radius 2 is 1.67 bits per heavy atom. The molecule has 138 valence electrons. The molecular weight excluding hydrogens is 430 g/mol. The molecule has 0 aliphatic rings. The van der Waals surface area contributed by atoms with Crippen LogP contribution >= 0.6 is 46.4 Å². The smallest absolute Gasteiger partial charge is 0.244 e. The van der Waals surface area contributed by atoms with Gasteiger partial charge in [0.2, 0.25) is 5.91 Å². The molecule has 0 spiro atoms. The van der Waals surface area contributed by atoms with Gasteiger partial charge in [-0.05, 0) is 42.0 Å². The molecule has 0 aliphatic carbocycles. The van der Waals surface area contributed by atoms with Crippen LogP contribution in [0.2, 0.25) is 20.1 Å². The summed E-state index contributed by atoms with van der Waals surface area (Å²) < 4.78 is 5.66. The van der Waals surface area contributed by atoms with E-state index in [9.17, 15) is 4.79 Å². The Morgan fingerprint density at radius 1 is 0.963 bits per heavy atom. The predicted molar refractivity (Wildman–Crippen MR) is 110 cm³/mol. The summed E-state index contributed by atoms with van der Waals surface area (Å²) in [5.41, 5.74) is 3.89. The van der Waals surface area contributed by atoms with Gasteiger partial charge in [-0.3, -0.25) is 4.79 Å². The summed E-state index contributed by atoms with van der Waals surface area (Å²) in [5.74, 6) is 0.694. The van der Waals surface area contributed by atoms with E-state index in [0.29, 0.717) is 37.2 Å². The van der Waals surface area contributed by atoms with Gasteiger partial charge in [0.25, 0.3) is 0 Å². The molecule has 1 heterocycles. The molecule has 27 heavy (non-hydrogen) atoms. The zero-order valence-electron chi connectivity index (χ0n) is 13.7. The van der Waals surface area contributed by atoms with Crippen molar-refractivity contribution in [1.29, 1.82) is 0 Å². The first-order valence-electron chi connectivity index (χ1n) is 7.73. The van der Waals surface area contributed by atoms with Crippen LogP contribution in [0, 0.1) is 0 Å². The van der Waals surface area contributed by atoms with Crippen LogP contribution in [0.25, 0.3) is 11.3 Å². The van der Waals surface area contributed by atoms with Crippen LogP contribution in [0.5, 0.6) is 0 Å². The molecule has 1 N–H and O–H groups in total. The maximum atomic E-state index is 11.9. The summed E-state index contributed by atoms with van der Waals surface area (Å²) in [4.78, 5) is 11.9. The number of benzene rings is 2. The van der Waals surface area contributed by atoms with E-state index in [4.69, 9.17) is 50.8 Å². The van der Waals surface area contributed by atoms with E-state index in [1.807, 2.05) is 0 Å². The van der Waals surface area contributed by atoms with Gasteiger partial charge in [-0.2, -0.15) is 5.10 Å². The third kappa shape index (κ3) is 5.27. The summed E-state index contributed by atoms with van der Waals surface area (Å²) in [5, 5.41) is 5.66. The lowest BCUT2D eigenvalue weighted by molar-refractivity contribution is -0.120. The number of hydrogen-bond donors (Lipinski definition) is 1. The largest absolute Gasteiger partial charge is 0.455 e. The Morgan fingerprint density at radius 3 is 2.41 bits per heavy atom. The first-order valence-corrected chi connectivity index (χ1v) is 9.24. The highest BCUT2D eigenvalue weighted by Gasteiger charge is 2.11. The maximum Gasteiger partial charge on any atom is 0.244 e. The second-order valence-electron chi connectivity index (χ2n) is 5.54. The standard InChI is InChI=1S/C19H12Cl4N2O2/c20-12-3-1-11(2-4-12)7-19(26)25-24-10-13-5-6-18(27-13)14-8-16(22)17(23)9-15(14)21/h1-6,8-10H,7H2,(H,25,26)/b24-10-. The minimum atomic E-state index is -0.257. The summed E-state index contributed by atoms with van der Waals surface area (Å²) in [6, 6.07) is 13.6. The molecular formula is C19H12Cl4N2O2. The van der Waals surface area contributed by atoms with Crippen molar-refractivity contribution in [3.8, 4) is 11.3 Å². The van der Waals surface area contributed by atoms with Gasteiger partial charge < -0.3 is 4.42 Å². The van der Waals surface area contributed by atoms with E-state index < -0.39 is 0 Å². The number of nitrogens with one attached hydrogen (secondary N) is 1. The summed E-state index contributed by atoms with van der Waals surface area (Å²) in [7, 11) is 0. The Labute approximate surface area is 175 Å². The molecule has 0 radical (unpaired) electrons. The molecule has 4 nitrogen and oxygen atoms in total. The lowest BCUT2D eigenvalue weighted by atomic mass is 10.1. The van der Waals surface area contributed by atoms with E-state index in [2.05, 4.69) is 10.5 Å². The van der Waals surface area contributed by atoms with Crippen LogP contribution in [-0.4, -0.2) is 12.1 Å². The quantitative estimate of drug-likeness (QED) is 0.289. The summed E-state index contributed by atoms with van der Waals surface area (Å²) in [6.07, 6.45) is 1.59. The van der Waals surface area contributed by atoms with Gasteiger partial charge in [0.15, 0.2) is 0 Å². The Hall–Kier alpha value is -1.98. The molecule has 0 saturated heterocycles. The summed E-state index contributed by atoms with van der Waals surface area (Å²) >= 11 is 23.9. The van der Waals surface area contributed by atoms with Gasteiger partial charge >= 0.3 is 0 Å². The number of furan rings is 1. The van der Waals surface area contributed by atoms with Crippen molar-refractivity contribution in [3.63, 3.8) is 0 Å². The molecule has 1 amide bonds. The van der Waals surface area contributed by atoms with E-state index in [0.717, 1.165) is 5.56 Å². The summed E-state index contributed by atoms with van der Waals surface area (Å²) in [6.45, 7) is 0. The average molecular weight is 442 g/mol. The van der Waals surface area contributed by atoms with Crippen molar-refractivity contribution in [3.05, 3.63) is 79.9 Å². The number of nitrogens with zero attached hydrogens (tertiary/aromatic N) is 1. The SMILES string of the molecule is O=C(Cc1ccc(Cl)cc1)N/N=C\c1ccc(-c2cc(Cl)c(Cl)cc2Cl)o1. The van der Waals surface area contributed by atoms with E-state index in [-0.39, 0.29) is 12.3 Å². The fourth-order valence-electron chi connectivity index (χ4n) is 2.27. The van der Waals surface area contributed by atoms with Crippen molar-refractivity contribution in [1.82, 2.24) is 5.43 Å². The first kappa shape index (κ1) is 19.8. The lowest BCUT2D eigenvalue weighted by Gasteiger charge is -2.03. The molecule has 0 bridgehead atoms. The van der Waals surface area contributed by atoms with E-state index in [1.54, 1.807) is 48.5 Å². The highest BCUT2D eigenvalue weighted by Crippen LogP contribution is 2.35. The number of hydrazone groups is 1. The van der Waals surface area contributed by atoms with Crippen LogP contribution in [0.15, 0.2) is 58.0 Å². The number of carbonyl (C=O) groups excluding carboxylic acids is 1. The third-order valence-electron chi connectivity index (χ3n) is 3.56. The number of amides is 1. The molecule has 3 rings (SSSR count). The van der Waals surface area contributed by atoms with Crippen LogP contribution in [-0.2, 0) is 11.2 Å². The minimum Gasteiger partial charge on any atom is -0.455 e. The predicted octanol–water partition coefficient (Wildman–Crippen LogP) is 6.25. The number of rotatable bonds is 5. The van der Waals surface area contributed by atoms with E-state index >= 15 is 0 Å². The van der Waals surface area contributed by atoms with Crippen LogP contribution in [0.3, 0.4) is 0 Å². The zero-order chi connectivity index (χ0) is 19.4. The molecule has 0 fully saturated rings. The molecule has 2 aromatic carbocycles. The molecule has 0 saturated carbocycles. The van der Waals surface area contributed by atoms with Gasteiger partial charge in [0, 0.05) is 10.6 Å². The molecule has 0 atom stereocenters. The third-order valence-corrected chi connectivity index (χ3v) is 4.85. The van der Waals surface area contributed by atoms with Crippen molar-refractivity contribution >= 4 is 58.5 Å². The van der Waals surface area contributed by atoms with E-state index in [1.165, 1.54) is 6.21 Å². The minimum absolute atomic E-state index is 0.191. The molecule has 1 aromatic heterocycles. The van der Waals surface area contributed by atoms with Crippen molar-refractivity contribution in [2.24, 2.45) is 5.10 Å². The topological polar surface area (TPSA) is 54.6 Å². The zero-order valence-corrected chi connectivity index (χ0v) is 16.7. The van der Waals surface area contributed by atoms with Gasteiger partial charge in [-0.1, -0.05) is 58.5 Å². The van der Waals surface area contributed by atoms with Crippen LogP contribution < -0.4 is 5.43 Å². The normalized spacial score (nSPS) is 11.1. The van der Waals surface area contributed by atoms with Gasteiger partial charge in [0.1, 0.15) is 11.5 Å². The molecule has 0 aliphatic heterocycles. The first-order chi connectivity index (χ1) is 12.9. The van der Waals surface area contributed by atoms with Crippen molar-refractivity contribution in [2.75, 3.05) is 0 Å². The second-order valence-corrected chi connectivity index (χ2v) is 7.20. The maximum absolute atomic E-state index is 11.9. The average Bonchev–Trinajstić information content (AvgIpc) is 3.09. The lowest BCUT2D eigenvalue weighted by Crippen LogP contribution is -2.19. The van der Waals surface area contributed by atoms with Crippen molar-refractivity contribution < 1.29 is 9.21 Å². The van der Waals surface area contributed by atoms with Crippen LogP contribution in [0.4, 0.5) is 0 Å². The molecule has 0 unspecified atom stereocenters. The fourth-order valence-corrected chi connectivity index (χ4v) is 3.04. The van der Waals surface area contributed by atoms with Gasteiger partial charge in [0.05, 0.1) is 27.7 Å². The fraction of sp³-hybridized carbons (Fsp3) is 0.0526. The number of hydrogen-bond acceptors (Lipinski definition) is 3. The Kier molecular flexibility index (Phi) is 6.45. The van der Waals surface area contributed by atoms with Crippen molar-refractivity contribution in [2.45, 2.75) is 6.42 Å². The number of carbonyl (C=O) groups is 1. The van der Waals surface area contributed by atoms with Gasteiger partial charge in [-0.25, -0.2) is 5.43 Å².